The van der Waals surface area contributed by atoms with Crippen molar-refractivity contribution in [3.63, 3.8) is 0 Å². The van der Waals surface area contributed by atoms with Crippen LogP contribution in [0.25, 0.3) is 22.3 Å². The fraction of sp³-hybridized carbons (Fsp3) is 0.132. The highest BCUT2D eigenvalue weighted by atomic mass is 16.5. The molecule has 0 aliphatic carbocycles. The summed E-state index contributed by atoms with van der Waals surface area (Å²) >= 11 is 0. The first kappa shape index (κ1) is 54.4. The summed E-state index contributed by atoms with van der Waals surface area (Å²) in [5.74, 6) is 4.48. The third-order valence-corrected chi connectivity index (χ3v) is 15.2. The number of ether oxygens (including phenoxy) is 2. The molecule has 84 heavy (non-hydrogen) atoms. The SMILES string of the molecule is c1ccc(N(c2ccc(CCCCCc3ccco3)cc2)c2ccc(-c3ccc(N(c4ccc(OCc5ccco5)cc4)c4ccc(-c5ccc(N(c6ccccc6)c6ccc(OCCCCc7ccco7)cc6)cc5)cc4)cc3)cc2)cc1. The third-order valence-electron chi connectivity index (χ3n) is 15.2. The number of furan rings is 3. The molecule has 0 fully saturated rings. The molecule has 3 aromatic heterocycles. The molecule has 0 N–H and O–H groups in total. The van der Waals surface area contributed by atoms with E-state index in [9.17, 15) is 0 Å². The topological polar surface area (TPSA) is 67.6 Å². The lowest BCUT2D eigenvalue weighted by Crippen LogP contribution is -2.10. The highest BCUT2D eigenvalue weighted by molar-refractivity contribution is 5.83. The Kier molecular flexibility index (Phi) is 17.5. The quantitative estimate of drug-likeness (QED) is 0.0497. The van der Waals surface area contributed by atoms with E-state index in [1.54, 1.807) is 18.8 Å². The van der Waals surface area contributed by atoms with E-state index in [0.29, 0.717) is 13.2 Å². The van der Waals surface area contributed by atoms with Gasteiger partial charge in [0.2, 0.25) is 0 Å². The van der Waals surface area contributed by atoms with Gasteiger partial charge in [-0.15, -0.1) is 0 Å². The Hall–Kier alpha value is -10.2. The molecule has 0 spiro atoms. The number of unbranched alkanes of at least 4 members (excludes halogenated alkanes) is 3. The Bertz CT molecular complexity index is 3610. The van der Waals surface area contributed by atoms with E-state index < -0.39 is 0 Å². The van der Waals surface area contributed by atoms with E-state index in [-0.39, 0.29) is 0 Å². The molecule has 0 unspecified atom stereocenters. The second-order valence-corrected chi connectivity index (χ2v) is 20.9. The summed E-state index contributed by atoms with van der Waals surface area (Å²) in [6, 6.07) is 93.9. The highest BCUT2D eigenvalue weighted by Crippen LogP contribution is 2.41. The van der Waals surface area contributed by atoms with Crippen LogP contribution in [0.4, 0.5) is 51.2 Å². The molecular formula is C76H67N3O5. The maximum atomic E-state index is 6.14. The Morgan fingerprint density at radius 2 is 0.571 bits per heavy atom. The van der Waals surface area contributed by atoms with Crippen LogP contribution in [0.3, 0.4) is 0 Å². The maximum Gasteiger partial charge on any atom is 0.146 e. The Labute approximate surface area is 493 Å². The largest absolute Gasteiger partial charge is 0.494 e. The maximum absolute atomic E-state index is 6.14. The van der Waals surface area contributed by atoms with Gasteiger partial charge in [0.1, 0.15) is 35.4 Å². The number of benzene rings is 9. The molecular weight excluding hydrogens is 1030 g/mol. The number of anilines is 9. The fourth-order valence-corrected chi connectivity index (χ4v) is 10.8. The molecule has 0 saturated carbocycles. The van der Waals surface area contributed by atoms with E-state index in [2.05, 4.69) is 239 Å². The molecule has 12 aromatic rings. The van der Waals surface area contributed by atoms with E-state index in [0.717, 1.165) is 147 Å². The van der Waals surface area contributed by atoms with Crippen molar-refractivity contribution in [2.75, 3.05) is 21.3 Å². The van der Waals surface area contributed by atoms with E-state index in [1.807, 2.05) is 42.5 Å². The first-order valence-corrected chi connectivity index (χ1v) is 29.2. The first-order valence-electron chi connectivity index (χ1n) is 29.2. The van der Waals surface area contributed by atoms with Gasteiger partial charge in [-0.3, -0.25) is 0 Å². The molecule has 9 aromatic carbocycles. The van der Waals surface area contributed by atoms with Crippen LogP contribution in [0, 0.1) is 0 Å². The molecule has 8 nitrogen and oxygen atoms in total. The van der Waals surface area contributed by atoms with Crippen molar-refractivity contribution in [2.24, 2.45) is 0 Å². The van der Waals surface area contributed by atoms with Crippen molar-refractivity contribution in [3.8, 4) is 33.8 Å². The molecule has 0 radical (unpaired) electrons. The summed E-state index contributed by atoms with van der Waals surface area (Å²) in [4.78, 5) is 6.90. The van der Waals surface area contributed by atoms with Crippen molar-refractivity contribution in [1.29, 1.82) is 0 Å². The Morgan fingerprint density at radius 1 is 0.250 bits per heavy atom. The van der Waals surface area contributed by atoms with Crippen LogP contribution in [-0.4, -0.2) is 6.61 Å². The van der Waals surface area contributed by atoms with Crippen LogP contribution >= 0.6 is 0 Å². The standard InChI is InChI=1S/C76H67N3O5/c1(9-20-72-22-12-54-81-72)4-15-58-25-35-65(36-26-58)77(63-16-5-2-6-17-63)66-37-27-59(28-38-66)61-31-41-68(42-32-61)79(71-47-51-75(52-48-71)84-57-76-24-14-56-83-76)69-43-33-62(34-44-69)60-29-39-67(40-30-60)78(64-18-7-3-8-19-64)70-45-49-74(50-46-70)80-53-11-10-21-73-23-13-55-82-73/h2-3,5-8,12-14,16-19,22-52,54-56H,1,4,9-11,15,20-21,53,57H2. The van der Waals surface area contributed by atoms with E-state index >= 15 is 0 Å². The summed E-state index contributed by atoms with van der Waals surface area (Å²) in [6.07, 6.45) is 13.6. The van der Waals surface area contributed by atoms with Crippen LogP contribution in [0.15, 0.2) is 299 Å². The van der Waals surface area contributed by atoms with Crippen molar-refractivity contribution >= 4 is 51.2 Å². The van der Waals surface area contributed by atoms with Crippen molar-refractivity contribution in [3.05, 3.63) is 309 Å². The number of nitrogens with zero attached hydrogens (tertiary/aromatic N) is 3. The first-order chi connectivity index (χ1) is 41.6. The Balaban J connectivity index is 0.753. The Morgan fingerprint density at radius 3 is 0.952 bits per heavy atom. The predicted molar refractivity (Wildman–Crippen MR) is 342 cm³/mol. The average Bonchev–Trinajstić information content (AvgIpc) is 4.23. The van der Waals surface area contributed by atoms with Crippen molar-refractivity contribution in [2.45, 2.75) is 58.0 Å². The molecule has 0 aliphatic heterocycles. The second-order valence-electron chi connectivity index (χ2n) is 20.9. The van der Waals surface area contributed by atoms with Gasteiger partial charge in [0.05, 0.1) is 25.4 Å². The minimum atomic E-state index is 0.356. The van der Waals surface area contributed by atoms with Gasteiger partial charge in [-0.1, -0.05) is 103 Å². The van der Waals surface area contributed by atoms with Gasteiger partial charge < -0.3 is 37.4 Å². The van der Waals surface area contributed by atoms with E-state index in [1.165, 1.54) is 12.0 Å². The lowest BCUT2D eigenvalue weighted by atomic mass is 10.0. The predicted octanol–water partition coefficient (Wildman–Crippen LogP) is 21.1. The average molecular weight is 1100 g/mol. The van der Waals surface area contributed by atoms with Crippen LogP contribution in [0.1, 0.15) is 54.9 Å². The summed E-state index contributed by atoms with van der Waals surface area (Å²) in [5.41, 5.74) is 15.5. The zero-order valence-electron chi connectivity index (χ0n) is 47.1. The van der Waals surface area contributed by atoms with Crippen molar-refractivity contribution < 1.29 is 22.7 Å². The monoisotopic (exact) mass is 1100 g/mol. The van der Waals surface area contributed by atoms with Crippen LogP contribution < -0.4 is 24.2 Å². The molecule has 3 heterocycles. The number of hydrogen-bond acceptors (Lipinski definition) is 8. The van der Waals surface area contributed by atoms with E-state index in [4.69, 9.17) is 22.7 Å². The smallest absolute Gasteiger partial charge is 0.146 e. The highest BCUT2D eigenvalue weighted by Gasteiger charge is 2.18. The zero-order valence-corrected chi connectivity index (χ0v) is 47.1. The van der Waals surface area contributed by atoms with Gasteiger partial charge in [-0.05, 0) is 230 Å². The molecule has 0 amide bonds. The minimum Gasteiger partial charge on any atom is -0.494 e. The molecule has 0 saturated heterocycles. The van der Waals surface area contributed by atoms with Gasteiger partial charge in [0, 0.05) is 64.0 Å². The van der Waals surface area contributed by atoms with Gasteiger partial charge >= 0.3 is 0 Å². The summed E-state index contributed by atoms with van der Waals surface area (Å²) in [6.45, 7) is 1.01. The number of rotatable bonds is 26. The molecule has 12 rings (SSSR count). The van der Waals surface area contributed by atoms with Crippen LogP contribution in [0.2, 0.25) is 0 Å². The van der Waals surface area contributed by atoms with Gasteiger partial charge in [0.25, 0.3) is 0 Å². The minimum absolute atomic E-state index is 0.356. The molecule has 0 aliphatic rings. The van der Waals surface area contributed by atoms with Crippen LogP contribution in [-0.2, 0) is 25.9 Å². The molecule has 416 valence electrons. The van der Waals surface area contributed by atoms with Crippen molar-refractivity contribution in [1.82, 2.24) is 0 Å². The molecule has 0 bridgehead atoms. The van der Waals surface area contributed by atoms with Gasteiger partial charge in [-0.2, -0.15) is 0 Å². The summed E-state index contributed by atoms with van der Waals surface area (Å²) in [5, 5.41) is 0. The van der Waals surface area contributed by atoms with Gasteiger partial charge in [0.15, 0.2) is 0 Å². The number of aryl methyl sites for hydroxylation is 3. The van der Waals surface area contributed by atoms with Gasteiger partial charge in [-0.25, -0.2) is 0 Å². The third kappa shape index (κ3) is 13.8. The fourth-order valence-electron chi connectivity index (χ4n) is 10.8. The number of para-hydroxylation sites is 2. The lowest BCUT2D eigenvalue weighted by Gasteiger charge is -2.27. The lowest BCUT2D eigenvalue weighted by molar-refractivity contribution is 0.270. The molecule has 8 heteroatoms. The number of hydrogen-bond donors (Lipinski definition) is 0. The van der Waals surface area contributed by atoms with Crippen LogP contribution in [0.5, 0.6) is 11.5 Å². The zero-order chi connectivity index (χ0) is 56.5. The normalized spacial score (nSPS) is 11.1. The molecule has 0 atom stereocenters. The second kappa shape index (κ2) is 27.1. The summed E-state index contributed by atoms with van der Waals surface area (Å²) < 4.78 is 28.8. The summed E-state index contributed by atoms with van der Waals surface area (Å²) in [7, 11) is 0.